The maximum Gasteiger partial charge on any atom is 0.433 e. The molecule has 2 amide bonds. The Morgan fingerprint density at radius 1 is 1.43 bits per heavy atom. The van der Waals surface area contributed by atoms with Crippen LogP contribution in [-0.2, 0) is 0 Å². The van der Waals surface area contributed by atoms with Gasteiger partial charge in [0, 0.05) is 6.54 Å². The summed E-state index contributed by atoms with van der Waals surface area (Å²) in [5.41, 5.74) is 2.26. The molecule has 130 valence electrons. The SMILES string of the molecule is CCN(CC)CCCNC(=O)NN=Cc1ccc([N+](=O)[O-])o1.Cl. The second-order valence-corrected chi connectivity index (χ2v) is 4.44. The molecule has 0 aliphatic rings. The lowest BCUT2D eigenvalue weighted by atomic mass is 10.3. The van der Waals surface area contributed by atoms with Gasteiger partial charge in [-0.2, -0.15) is 5.10 Å². The summed E-state index contributed by atoms with van der Waals surface area (Å²) in [5, 5.41) is 16.7. The third kappa shape index (κ3) is 8.17. The average Bonchev–Trinajstić information content (AvgIpc) is 2.96. The lowest BCUT2D eigenvalue weighted by Gasteiger charge is -2.17. The summed E-state index contributed by atoms with van der Waals surface area (Å²) >= 11 is 0. The Labute approximate surface area is 140 Å². The van der Waals surface area contributed by atoms with Gasteiger partial charge in [-0.1, -0.05) is 13.8 Å². The first-order chi connectivity index (χ1) is 10.6. The van der Waals surface area contributed by atoms with E-state index in [1.54, 1.807) is 0 Å². The van der Waals surface area contributed by atoms with Crippen LogP contribution in [0.3, 0.4) is 0 Å². The summed E-state index contributed by atoms with van der Waals surface area (Å²) in [6.07, 6.45) is 2.05. The number of hydrazone groups is 1. The highest BCUT2D eigenvalue weighted by Crippen LogP contribution is 2.13. The molecule has 0 saturated heterocycles. The number of furan rings is 1. The predicted molar refractivity (Wildman–Crippen MR) is 89.1 cm³/mol. The van der Waals surface area contributed by atoms with Crippen LogP contribution in [0.5, 0.6) is 0 Å². The number of nitrogens with one attached hydrogen (secondary N) is 2. The highest BCUT2D eigenvalue weighted by molar-refractivity contribution is 5.85. The van der Waals surface area contributed by atoms with Crippen molar-refractivity contribution in [2.75, 3.05) is 26.2 Å². The smallest absolute Gasteiger partial charge is 0.400 e. The summed E-state index contributed by atoms with van der Waals surface area (Å²) in [7, 11) is 0. The van der Waals surface area contributed by atoms with E-state index in [1.165, 1.54) is 18.3 Å². The molecule has 0 spiro atoms. The molecule has 0 aromatic carbocycles. The first-order valence-corrected chi connectivity index (χ1v) is 7.10. The number of carbonyl (C=O) groups is 1. The van der Waals surface area contributed by atoms with Gasteiger partial charge >= 0.3 is 11.9 Å². The fraction of sp³-hybridized carbons (Fsp3) is 0.538. The first-order valence-electron chi connectivity index (χ1n) is 7.10. The Bertz CT molecular complexity index is 516. The highest BCUT2D eigenvalue weighted by Gasteiger charge is 2.10. The molecule has 1 rings (SSSR count). The van der Waals surface area contributed by atoms with Crippen LogP contribution in [0.25, 0.3) is 0 Å². The van der Waals surface area contributed by atoms with Crippen molar-refractivity contribution in [2.45, 2.75) is 20.3 Å². The van der Waals surface area contributed by atoms with Crippen molar-refractivity contribution >= 4 is 30.5 Å². The van der Waals surface area contributed by atoms with E-state index < -0.39 is 11.0 Å². The number of hydrogen-bond donors (Lipinski definition) is 2. The van der Waals surface area contributed by atoms with Gasteiger partial charge in [0.25, 0.3) is 0 Å². The molecule has 9 nitrogen and oxygen atoms in total. The van der Waals surface area contributed by atoms with E-state index in [9.17, 15) is 14.9 Å². The number of rotatable bonds is 9. The molecule has 0 radical (unpaired) electrons. The normalized spacial score (nSPS) is 10.6. The van der Waals surface area contributed by atoms with Crippen LogP contribution in [0.15, 0.2) is 21.7 Å². The van der Waals surface area contributed by atoms with Gasteiger partial charge in [0.2, 0.25) is 0 Å². The minimum absolute atomic E-state index is 0. The van der Waals surface area contributed by atoms with E-state index in [1.807, 2.05) is 0 Å². The summed E-state index contributed by atoms with van der Waals surface area (Å²) < 4.78 is 4.85. The fourth-order valence-corrected chi connectivity index (χ4v) is 1.75. The Hall–Kier alpha value is -2.13. The minimum Gasteiger partial charge on any atom is -0.400 e. The van der Waals surface area contributed by atoms with Gasteiger partial charge in [-0.3, -0.25) is 10.1 Å². The molecule has 1 heterocycles. The van der Waals surface area contributed by atoms with Crippen molar-refractivity contribution < 1.29 is 14.1 Å². The van der Waals surface area contributed by atoms with Crippen LogP contribution < -0.4 is 10.7 Å². The summed E-state index contributed by atoms with van der Waals surface area (Å²) in [6.45, 7) is 7.63. The molecule has 0 unspecified atom stereocenters. The Balaban J connectivity index is 0.00000484. The average molecular weight is 348 g/mol. The molecule has 0 atom stereocenters. The number of hydrogen-bond acceptors (Lipinski definition) is 6. The van der Waals surface area contributed by atoms with Gasteiger partial charge in [0.15, 0.2) is 5.76 Å². The van der Waals surface area contributed by atoms with Crippen LogP contribution in [0.1, 0.15) is 26.0 Å². The van der Waals surface area contributed by atoms with Gasteiger partial charge in [-0.25, -0.2) is 10.2 Å². The van der Waals surface area contributed by atoms with E-state index >= 15 is 0 Å². The minimum atomic E-state index is -0.645. The Morgan fingerprint density at radius 2 is 2.13 bits per heavy atom. The van der Waals surface area contributed by atoms with Crippen molar-refractivity contribution in [2.24, 2.45) is 5.10 Å². The topological polar surface area (TPSA) is 113 Å². The van der Waals surface area contributed by atoms with Crippen molar-refractivity contribution in [3.05, 3.63) is 28.0 Å². The number of amides is 2. The summed E-state index contributed by atoms with van der Waals surface area (Å²) in [5.74, 6) is -0.184. The number of urea groups is 1. The molecule has 1 aromatic heterocycles. The van der Waals surface area contributed by atoms with Crippen molar-refractivity contribution in [3.63, 3.8) is 0 Å². The molecule has 0 aliphatic carbocycles. The Morgan fingerprint density at radius 3 is 2.70 bits per heavy atom. The molecule has 2 N–H and O–H groups in total. The fourth-order valence-electron chi connectivity index (χ4n) is 1.75. The monoisotopic (exact) mass is 347 g/mol. The van der Waals surface area contributed by atoms with E-state index in [0.717, 1.165) is 26.1 Å². The van der Waals surface area contributed by atoms with Gasteiger partial charge in [-0.05, 0) is 32.1 Å². The van der Waals surface area contributed by atoms with E-state index in [2.05, 4.69) is 34.6 Å². The standard InChI is InChI=1S/C13H21N5O4.ClH/c1-3-17(4-2)9-5-8-14-13(19)16-15-10-11-6-7-12(22-11)18(20)21;/h6-7,10H,3-5,8-9H2,1-2H3,(H2,14,16,19);1H. The number of carbonyl (C=O) groups excluding carboxylic acids is 1. The molecular formula is C13H22ClN5O4. The lowest BCUT2D eigenvalue weighted by molar-refractivity contribution is -0.402. The second-order valence-electron chi connectivity index (χ2n) is 4.44. The van der Waals surface area contributed by atoms with Gasteiger partial charge in [0.1, 0.15) is 4.92 Å². The van der Waals surface area contributed by atoms with Crippen LogP contribution in [-0.4, -0.2) is 48.2 Å². The van der Waals surface area contributed by atoms with E-state index in [-0.39, 0.29) is 24.1 Å². The molecule has 0 bridgehead atoms. The number of nitro groups is 1. The molecule has 0 fully saturated rings. The zero-order valence-corrected chi connectivity index (χ0v) is 14.0. The quantitative estimate of drug-likeness (QED) is 0.307. The molecule has 1 aromatic rings. The maximum absolute atomic E-state index is 11.4. The van der Waals surface area contributed by atoms with Crippen molar-refractivity contribution in [1.82, 2.24) is 15.6 Å². The van der Waals surface area contributed by atoms with Crippen LogP contribution in [0.2, 0.25) is 0 Å². The van der Waals surface area contributed by atoms with Gasteiger partial charge in [0.05, 0.1) is 12.3 Å². The zero-order chi connectivity index (χ0) is 16.4. The number of halogens is 1. The van der Waals surface area contributed by atoms with Gasteiger partial charge in [-0.15, -0.1) is 12.4 Å². The lowest BCUT2D eigenvalue weighted by Crippen LogP contribution is -2.34. The predicted octanol–water partition coefficient (Wildman–Crippen LogP) is 1.97. The van der Waals surface area contributed by atoms with Crippen LogP contribution >= 0.6 is 12.4 Å². The summed E-state index contributed by atoms with van der Waals surface area (Å²) in [6, 6.07) is 2.18. The largest absolute Gasteiger partial charge is 0.433 e. The highest BCUT2D eigenvalue weighted by atomic mass is 35.5. The second kappa shape index (κ2) is 11.4. The third-order valence-corrected chi connectivity index (χ3v) is 2.98. The van der Waals surface area contributed by atoms with Crippen molar-refractivity contribution in [1.29, 1.82) is 0 Å². The Kier molecular flexibility index (Phi) is 10.4. The van der Waals surface area contributed by atoms with E-state index in [0.29, 0.717) is 6.54 Å². The number of nitrogens with zero attached hydrogens (tertiary/aromatic N) is 3. The molecular weight excluding hydrogens is 326 g/mol. The molecule has 0 saturated carbocycles. The van der Waals surface area contributed by atoms with E-state index in [4.69, 9.17) is 4.42 Å². The molecule has 23 heavy (non-hydrogen) atoms. The van der Waals surface area contributed by atoms with Crippen molar-refractivity contribution in [3.8, 4) is 0 Å². The molecule has 0 aliphatic heterocycles. The zero-order valence-electron chi connectivity index (χ0n) is 13.2. The first kappa shape index (κ1) is 20.9. The molecule has 10 heteroatoms. The van der Waals surface area contributed by atoms with Crippen LogP contribution in [0, 0.1) is 10.1 Å². The van der Waals surface area contributed by atoms with Crippen LogP contribution in [0.4, 0.5) is 10.7 Å². The maximum atomic E-state index is 11.4. The van der Waals surface area contributed by atoms with Gasteiger partial charge < -0.3 is 14.6 Å². The summed E-state index contributed by atoms with van der Waals surface area (Å²) in [4.78, 5) is 23.5. The third-order valence-electron chi connectivity index (χ3n) is 2.98.